The Morgan fingerprint density at radius 2 is 2.25 bits per heavy atom. The lowest BCUT2D eigenvalue weighted by Gasteiger charge is -2.21. The highest BCUT2D eigenvalue weighted by molar-refractivity contribution is 4.85. The van der Waals surface area contributed by atoms with E-state index in [1.54, 1.807) is 6.33 Å². The molecule has 2 N–H and O–H groups in total. The molecular weight excluding hydrogens is 152 g/mol. The molecule has 0 bridgehead atoms. The molecule has 1 saturated heterocycles. The number of aromatic amines is 1. The van der Waals surface area contributed by atoms with Crippen LogP contribution in [0.4, 0.5) is 0 Å². The van der Waals surface area contributed by atoms with E-state index in [2.05, 4.69) is 20.5 Å². The number of H-pyrrole nitrogens is 1. The standard InChI is InChI=1S/C8H14N4/c1-3-9-4-2-7(1)5-8-10-6-11-12-8/h6-7,9H,1-5H2,(H,10,11,12). The molecule has 4 nitrogen and oxygen atoms in total. The molecule has 0 spiro atoms. The molecule has 0 amide bonds. The molecule has 1 aliphatic heterocycles. The van der Waals surface area contributed by atoms with Gasteiger partial charge in [0.15, 0.2) is 0 Å². The van der Waals surface area contributed by atoms with Crippen LogP contribution >= 0.6 is 0 Å². The number of nitrogens with zero attached hydrogens (tertiary/aromatic N) is 2. The van der Waals surface area contributed by atoms with Crippen molar-refractivity contribution in [1.29, 1.82) is 0 Å². The van der Waals surface area contributed by atoms with E-state index in [4.69, 9.17) is 0 Å². The predicted octanol–water partition coefficient (Wildman–Crippen LogP) is 0.347. The van der Waals surface area contributed by atoms with Crippen molar-refractivity contribution in [2.24, 2.45) is 5.92 Å². The first kappa shape index (κ1) is 7.73. The summed E-state index contributed by atoms with van der Waals surface area (Å²) in [6, 6.07) is 0. The van der Waals surface area contributed by atoms with E-state index in [0.717, 1.165) is 31.3 Å². The molecular formula is C8H14N4. The summed E-state index contributed by atoms with van der Waals surface area (Å²) in [5.41, 5.74) is 0. The largest absolute Gasteiger partial charge is 0.317 e. The Hall–Kier alpha value is -0.900. The van der Waals surface area contributed by atoms with E-state index < -0.39 is 0 Å². The zero-order valence-corrected chi connectivity index (χ0v) is 7.08. The maximum atomic E-state index is 4.12. The molecule has 0 aromatic carbocycles. The Morgan fingerprint density at radius 1 is 1.42 bits per heavy atom. The fourth-order valence-corrected chi connectivity index (χ4v) is 1.69. The number of nitrogens with one attached hydrogen (secondary N) is 2. The minimum atomic E-state index is 0.791. The maximum Gasteiger partial charge on any atom is 0.137 e. The summed E-state index contributed by atoms with van der Waals surface area (Å²) in [4.78, 5) is 4.12. The van der Waals surface area contributed by atoms with Crippen LogP contribution < -0.4 is 5.32 Å². The van der Waals surface area contributed by atoms with Crippen LogP contribution in [0.5, 0.6) is 0 Å². The number of hydrogen-bond acceptors (Lipinski definition) is 3. The molecule has 2 rings (SSSR count). The highest BCUT2D eigenvalue weighted by Crippen LogP contribution is 2.14. The van der Waals surface area contributed by atoms with Crippen molar-refractivity contribution in [2.45, 2.75) is 19.3 Å². The van der Waals surface area contributed by atoms with Gasteiger partial charge in [0.05, 0.1) is 0 Å². The molecule has 0 atom stereocenters. The van der Waals surface area contributed by atoms with Crippen molar-refractivity contribution in [3.05, 3.63) is 12.2 Å². The van der Waals surface area contributed by atoms with E-state index in [9.17, 15) is 0 Å². The van der Waals surface area contributed by atoms with Gasteiger partial charge in [0.25, 0.3) is 0 Å². The summed E-state index contributed by atoms with van der Waals surface area (Å²) in [5.74, 6) is 1.82. The van der Waals surface area contributed by atoms with E-state index in [1.165, 1.54) is 12.8 Å². The van der Waals surface area contributed by atoms with Gasteiger partial charge in [-0.15, -0.1) is 0 Å². The second-order valence-corrected chi connectivity index (χ2v) is 3.33. The summed E-state index contributed by atoms with van der Waals surface area (Å²) in [6.07, 6.45) is 5.17. The Bertz CT molecular complexity index is 213. The molecule has 2 heterocycles. The van der Waals surface area contributed by atoms with Gasteiger partial charge in [-0.1, -0.05) is 0 Å². The third-order valence-electron chi connectivity index (χ3n) is 2.41. The van der Waals surface area contributed by atoms with Crippen molar-refractivity contribution in [3.8, 4) is 0 Å². The van der Waals surface area contributed by atoms with Crippen molar-refractivity contribution in [2.75, 3.05) is 13.1 Å². The lowest BCUT2D eigenvalue weighted by Crippen LogP contribution is -2.28. The second-order valence-electron chi connectivity index (χ2n) is 3.33. The molecule has 1 aliphatic rings. The predicted molar refractivity (Wildman–Crippen MR) is 45.7 cm³/mol. The van der Waals surface area contributed by atoms with Crippen molar-refractivity contribution < 1.29 is 0 Å². The summed E-state index contributed by atoms with van der Waals surface area (Å²) in [7, 11) is 0. The smallest absolute Gasteiger partial charge is 0.137 e. The van der Waals surface area contributed by atoms with Crippen LogP contribution in [-0.2, 0) is 6.42 Å². The van der Waals surface area contributed by atoms with Gasteiger partial charge in [-0.2, -0.15) is 5.10 Å². The molecule has 66 valence electrons. The van der Waals surface area contributed by atoms with Crippen LogP contribution in [0.1, 0.15) is 18.7 Å². The van der Waals surface area contributed by atoms with E-state index in [0.29, 0.717) is 0 Å². The Labute approximate surface area is 71.8 Å². The second kappa shape index (κ2) is 3.67. The topological polar surface area (TPSA) is 53.6 Å². The Morgan fingerprint density at radius 3 is 2.92 bits per heavy atom. The van der Waals surface area contributed by atoms with Crippen molar-refractivity contribution in [3.63, 3.8) is 0 Å². The van der Waals surface area contributed by atoms with Crippen LogP contribution in [0.25, 0.3) is 0 Å². The van der Waals surface area contributed by atoms with Crippen LogP contribution in [0.15, 0.2) is 6.33 Å². The van der Waals surface area contributed by atoms with Crippen LogP contribution in [-0.4, -0.2) is 28.3 Å². The fraction of sp³-hybridized carbons (Fsp3) is 0.750. The van der Waals surface area contributed by atoms with Gasteiger partial charge in [-0.25, -0.2) is 4.98 Å². The summed E-state index contributed by atoms with van der Waals surface area (Å²) >= 11 is 0. The zero-order valence-electron chi connectivity index (χ0n) is 7.08. The van der Waals surface area contributed by atoms with Crippen LogP contribution in [0, 0.1) is 5.92 Å². The van der Waals surface area contributed by atoms with Crippen molar-refractivity contribution in [1.82, 2.24) is 20.5 Å². The third kappa shape index (κ3) is 1.82. The summed E-state index contributed by atoms with van der Waals surface area (Å²) < 4.78 is 0. The van der Waals surface area contributed by atoms with Crippen molar-refractivity contribution >= 4 is 0 Å². The first-order chi connectivity index (χ1) is 5.95. The van der Waals surface area contributed by atoms with Gasteiger partial charge in [0, 0.05) is 6.42 Å². The molecule has 1 aromatic heterocycles. The number of aromatic nitrogens is 3. The minimum Gasteiger partial charge on any atom is -0.317 e. The molecule has 12 heavy (non-hydrogen) atoms. The average Bonchev–Trinajstić information content (AvgIpc) is 2.59. The highest BCUT2D eigenvalue weighted by Gasteiger charge is 2.14. The van der Waals surface area contributed by atoms with Gasteiger partial charge in [-0.05, 0) is 31.8 Å². The van der Waals surface area contributed by atoms with Gasteiger partial charge >= 0.3 is 0 Å². The summed E-state index contributed by atoms with van der Waals surface area (Å²) in [5, 5.41) is 10.1. The lowest BCUT2D eigenvalue weighted by atomic mass is 9.94. The molecule has 4 heteroatoms. The van der Waals surface area contributed by atoms with Gasteiger partial charge in [-0.3, -0.25) is 5.10 Å². The molecule has 0 unspecified atom stereocenters. The van der Waals surface area contributed by atoms with E-state index in [1.807, 2.05) is 0 Å². The van der Waals surface area contributed by atoms with Gasteiger partial charge in [0.1, 0.15) is 12.2 Å². The third-order valence-corrected chi connectivity index (χ3v) is 2.41. The molecule has 0 radical (unpaired) electrons. The highest BCUT2D eigenvalue weighted by atomic mass is 15.2. The Kier molecular flexibility index (Phi) is 2.36. The average molecular weight is 166 g/mol. The molecule has 0 saturated carbocycles. The lowest BCUT2D eigenvalue weighted by molar-refractivity contribution is 0.367. The van der Waals surface area contributed by atoms with E-state index in [-0.39, 0.29) is 0 Å². The van der Waals surface area contributed by atoms with Gasteiger partial charge in [0.2, 0.25) is 0 Å². The molecule has 1 fully saturated rings. The maximum absolute atomic E-state index is 4.12. The summed E-state index contributed by atoms with van der Waals surface area (Å²) in [6.45, 7) is 2.30. The Balaban J connectivity index is 1.86. The zero-order chi connectivity index (χ0) is 8.23. The molecule has 1 aromatic rings. The normalized spacial score (nSPS) is 19.7. The monoisotopic (exact) mass is 166 g/mol. The van der Waals surface area contributed by atoms with Crippen LogP contribution in [0.2, 0.25) is 0 Å². The van der Waals surface area contributed by atoms with E-state index >= 15 is 0 Å². The van der Waals surface area contributed by atoms with Crippen LogP contribution in [0.3, 0.4) is 0 Å². The number of hydrogen-bond donors (Lipinski definition) is 2. The first-order valence-corrected chi connectivity index (χ1v) is 4.50. The molecule has 0 aliphatic carbocycles. The first-order valence-electron chi connectivity index (χ1n) is 4.50. The number of piperidine rings is 1. The quantitative estimate of drug-likeness (QED) is 0.666. The number of rotatable bonds is 2. The SMILES string of the molecule is c1n[nH]c(CC2CCNCC2)n1. The van der Waals surface area contributed by atoms with Gasteiger partial charge < -0.3 is 5.32 Å². The minimum absolute atomic E-state index is 0.791. The fourth-order valence-electron chi connectivity index (χ4n) is 1.69.